The Bertz CT molecular complexity index is 465. The van der Waals surface area contributed by atoms with Crippen molar-refractivity contribution < 1.29 is 14.7 Å². The Morgan fingerprint density at radius 3 is 2.60 bits per heavy atom. The number of hydrogen-bond acceptors (Lipinski definition) is 3. The molecule has 2 rings (SSSR count). The number of hydrogen-bond donors (Lipinski definition) is 2. The Morgan fingerprint density at radius 1 is 1.25 bits per heavy atom. The monoisotopic (exact) mass is 276 g/mol. The molecule has 1 aromatic rings. The summed E-state index contributed by atoms with van der Waals surface area (Å²) in [6.45, 7) is 0.401. The number of aromatic nitrogens is 1. The molecule has 108 valence electrons. The second-order valence-electron chi connectivity index (χ2n) is 5.34. The zero-order valence-corrected chi connectivity index (χ0v) is 11.5. The first-order chi connectivity index (χ1) is 9.65. The number of rotatable bonds is 5. The lowest BCUT2D eigenvalue weighted by atomic mass is 9.87. The van der Waals surface area contributed by atoms with Crippen molar-refractivity contribution in [3.8, 4) is 0 Å². The Hall–Kier alpha value is -1.91. The van der Waals surface area contributed by atoms with Crippen LogP contribution in [0.5, 0.6) is 0 Å². The molecule has 1 aliphatic carbocycles. The lowest BCUT2D eigenvalue weighted by Crippen LogP contribution is -2.26. The smallest absolute Gasteiger partial charge is 0.354 e. The number of carboxylic acid groups (broad SMARTS) is 1. The lowest BCUT2D eigenvalue weighted by Gasteiger charge is -2.20. The molecule has 0 saturated heterocycles. The van der Waals surface area contributed by atoms with E-state index in [-0.39, 0.29) is 11.6 Å². The van der Waals surface area contributed by atoms with Crippen LogP contribution in [0.3, 0.4) is 0 Å². The third-order valence-corrected chi connectivity index (χ3v) is 3.73. The number of aromatic carboxylic acids is 1. The van der Waals surface area contributed by atoms with Gasteiger partial charge in [0.2, 0.25) is 5.91 Å². The van der Waals surface area contributed by atoms with Crippen molar-refractivity contribution in [3.63, 3.8) is 0 Å². The molecule has 5 heteroatoms. The molecule has 1 aromatic heterocycles. The predicted octanol–water partition coefficient (Wildman–Crippen LogP) is 2.37. The lowest BCUT2D eigenvalue weighted by molar-refractivity contribution is -0.122. The van der Waals surface area contributed by atoms with Crippen molar-refractivity contribution in [2.75, 3.05) is 0 Å². The van der Waals surface area contributed by atoms with Crippen LogP contribution in [0.25, 0.3) is 0 Å². The maximum atomic E-state index is 11.8. The molecule has 0 aliphatic heterocycles. The van der Waals surface area contributed by atoms with Crippen molar-refractivity contribution in [3.05, 3.63) is 29.6 Å². The van der Waals surface area contributed by atoms with Gasteiger partial charge in [0.15, 0.2) is 0 Å². The number of carboxylic acids is 1. The van der Waals surface area contributed by atoms with Gasteiger partial charge in [0, 0.05) is 19.2 Å². The van der Waals surface area contributed by atoms with Gasteiger partial charge in [-0.05, 0) is 30.4 Å². The zero-order valence-electron chi connectivity index (χ0n) is 11.5. The van der Waals surface area contributed by atoms with Crippen LogP contribution in [0, 0.1) is 5.92 Å². The van der Waals surface area contributed by atoms with E-state index in [0.717, 1.165) is 18.4 Å². The zero-order chi connectivity index (χ0) is 14.4. The van der Waals surface area contributed by atoms with Gasteiger partial charge in [0.05, 0.1) is 0 Å². The molecule has 0 unspecified atom stereocenters. The van der Waals surface area contributed by atoms with E-state index in [9.17, 15) is 9.59 Å². The van der Waals surface area contributed by atoms with Crippen molar-refractivity contribution in [2.45, 2.75) is 45.1 Å². The molecule has 0 aromatic carbocycles. The summed E-state index contributed by atoms with van der Waals surface area (Å²) in [5.74, 6) is -0.451. The molecule has 2 N–H and O–H groups in total. The minimum atomic E-state index is -1.04. The van der Waals surface area contributed by atoms with Crippen molar-refractivity contribution in [1.82, 2.24) is 10.3 Å². The molecule has 20 heavy (non-hydrogen) atoms. The number of amides is 1. The number of carbonyl (C=O) groups excluding carboxylic acids is 1. The highest BCUT2D eigenvalue weighted by Gasteiger charge is 2.16. The van der Waals surface area contributed by atoms with Gasteiger partial charge >= 0.3 is 5.97 Å². The molecule has 0 atom stereocenters. The van der Waals surface area contributed by atoms with Crippen molar-refractivity contribution in [2.24, 2.45) is 5.92 Å². The molecule has 0 radical (unpaired) electrons. The van der Waals surface area contributed by atoms with Crippen LogP contribution < -0.4 is 5.32 Å². The molecular formula is C15H20N2O3. The van der Waals surface area contributed by atoms with Crippen LogP contribution in [0.2, 0.25) is 0 Å². The largest absolute Gasteiger partial charge is 0.477 e. The Balaban J connectivity index is 1.76. The maximum Gasteiger partial charge on any atom is 0.354 e. The summed E-state index contributed by atoms with van der Waals surface area (Å²) in [7, 11) is 0. The SMILES string of the molecule is O=C(CC1CCCCC1)NCc1ccc(C(=O)O)nc1. The van der Waals surface area contributed by atoms with Gasteiger partial charge in [0.1, 0.15) is 5.69 Å². The van der Waals surface area contributed by atoms with Gasteiger partial charge in [-0.3, -0.25) is 4.79 Å². The number of nitrogens with zero attached hydrogens (tertiary/aromatic N) is 1. The summed E-state index contributed by atoms with van der Waals surface area (Å²) in [4.78, 5) is 26.3. The molecule has 1 amide bonds. The Kier molecular flexibility index (Phi) is 5.09. The summed E-state index contributed by atoms with van der Waals surface area (Å²) in [5.41, 5.74) is 0.828. The number of carbonyl (C=O) groups is 2. The average molecular weight is 276 g/mol. The number of nitrogens with one attached hydrogen (secondary N) is 1. The van der Waals surface area contributed by atoms with E-state index in [2.05, 4.69) is 10.3 Å². The minimum Gasteiger partial charge on any atom is -0.477 e. The highest BCUT2D eigenvalue weighted by molar-refractivity contribution is 5.85. The Morgan fingerprint density at radius 2 is 2.00 bits per heavy atom. The second kappa shape index (κ2) is 7.03. The fraction of sp³-hybridized carbons (Fsp3) is 0.533. The normalized spacial score (nSPS) is 15.8. The van der Waals surface area contributed by atoms with E-state index in [4.69, 9.17) is 5.11 Å². The molecule has 1 saturated carbocycles. The van der Waals surface area contributed by atoms with Gasteiger partial charge in [0.25, 0.3) is 0 Å². The standard InChI is InChI=1S/C15H20N2O3/c18-14(8-11-4-2-1-3-5-11)17-10-12-6-7-13(15(19)20)16-9-12/h6-7,9,11H,1-5,8,10H2,(H,17,18)(H,19,20). The van der Waals surface area contributed by atoms with E-state index >= 15 is 0 Å². The first-order valence-electron chi connectivity index (χ1n) is 7.10. The van der Waals surface area contributed by atoms with Crippen LogP contribution in [0.4, 0.5) is 0 Å². The van der Waals surface area contributed by atoms with E-state index in [1.807, 2.05) is 0 Å². The molecule has 0 bridgehead atoms. The topological polar surface area (TPSA) is 79.3 Å². The highest BCUT2D eigenvalue weighted by Crippen LogP contribution is 2.26. The maximum absolute atomic E-state index is 11.8. The van der Waals surface area contributed by atoms with Gasteiger partial charge in [-0.1, -0.05) is 25.3 Å². The van der Waals surface area contributed by atoms with Crippen LogP contribution in [0.1, 0.15) is 54.6 Å². The first-order valence-corrected chi connectivity index (χ1v) is 7.10. The minimum absolute atomic E-state index is 0.0160. The fourth-order valence-electron chi connectivity index (χ4n) is 2.58. The quantitative estimate of drug-likeness (QED) is 0.865. The molecule has 5 nitrogen and oxygen atoms in total. The second-order valence-corrected chi connectivity index (χ2v) is 5.34. The number of pyridine rings is 1. The van der Waals surface area contributed by atoms with E-state index in [1.54, 1.807) is 6.07 Å². The summed E-state index contributed by atoms with van der Waals surface area (Å²) in [6, 6.07) is 3.13. The first kappa shape index (κ1) is 14.5. The highest BCUT2D eigenvalue weighted by atomic mass is 16.4. The molecule has 0 spiro atoms. The van der Waals surface area contributed by atoms with Crippen LogP contribution in [-0.4, -0.2) is 22.0 Å². The van der Waals surface area contributed by atoms with E-state index in [0.29, 0.717) is 18.9 Å². The summed E-state index contributed by atoms with van der Waals surface area (Å²) in [5, 5.41) is 11.6. The van der Waals surface area contributed by atoms with Gasteiger partial charge in [-0.25, -0.2) is 9.78 Å². The average Bonchev–Trinajstić information content (AvgIpc) is 2.46. The molecular weight excluding hydrogens is 256 g/mol. The van der Waals surface area contributed by atoms with Gasteiger partial charge in [-0.15, -0.1) is 0 Å². The fourth-order valence-corrected chi connectivity index (χ4v) is 2.58. The molecule has 1 aliphatic rings. The summed E-state index contributed by atoms with van der Waals surface area (Å²) >= 11 is 0. The molecule has 1 fully saturated rings. The van der Waals surface area contributed by atoms with Crippen LogP contribution in [0.15, 0.2) is 18.3 Å². The van der Waals surface area contributed by atoms with Crippen LogP contribution >= 0.6 is 0 Å². The van der Waals surface area contributed by atoms with Gasteiger partial charge in [-0.2, -0.15) is 0 Å². The molecule has 1 heterocycles. The van der Waals surface area contributed by atoms with Crippen molar-refractivity contribution >= 4 is 11.9 Å². The summed E-state index contributed by atoms with van der Waals surface area (Å²) in [6.07, 6.45) is 8.16. The Labute approximate surface area is 118 Å². The third kappa shape index (κ3) is 4.33. The van der Waals surface area contributed by atoms with Crippen molar-refractivity contribution in [1.29, 1.82) is 0 Å². The van der Waals surface area contributed by atoms with Gasteiger partial charge < -0.3 is 10.4 Å². The predicted molar refractivity (Wildman–Crippen MR) is 74.2 cm³/mol. The third-order valence-electron chi connectivity index (χ3n) is 3.73. The van der Waals surface area contributed by atoms with E-state index < -0.39 is 5.97 Å². The summed E-state index contributed by atoms with van der Waals surface area (Å²) < 4.78 is 0. The van der Waals surface area contributed by atoms with E-state index in [1.165, 1.54) is 31.5 Å². The van der Waals surface area contributed by atoms with Crippen LogP contribution in [-0.2, 0) is 11.3 Å².